The van der Waals surface area contributed by atoms with Gasteiger partial charge in [-0.1, -0.05) is 17.3 Å². The van der Waals surface area contributed by atoms with E-state index in [1.807, 2.05) is 32.3 Å². The standard InChI is InChI=1S/C19H17IN4O/c1-12-18(13(2)25-23-12)14-8-17-19(22-9-14)16(20)11-24(17)10-15-6-4-3-5-7-21-15/h3,5-9,11H,4,10H2,1-2H3. The highest BCUT2D eigenvalue weighted by Gasteiger charge is 2.15. The summed E-state index contributed by atoms with van der Waals surface area (Å²) < 4.78 is 8.65. The zero-order valence-corrected chi connectivity index (χ0v) is 16.2. The highest BCUT2D eigenvalue weighted by molar-refractivity contribution is 14.1. The summed E-state index contributed by atoms with van der Waals surface area (Å²) in [5, 5.41) is 4.06. The van der Waals surface area contributed by atoms with E-state index in [0.717, 1.165) is 55.8 Å². The Balaban J connectivity index is 1.80. The first kappa shape index (κ1) is 16.3. The molecule has 0 aromatic carbocycles. The number of hydrogen-bond donors (Lipinski definition) is 0. The number of allylic oxidation sites excluding steroid dienone is 4. The lowest BCUT2D eigenvalue weighted by atomic mass is 10.1. The molecule has 0 saturated heterocycles. The summed E-state index contributed by atoms with van der Waals surface area (Å²) in [7, 11) is 0. The van der Waals surface area contributed by atoms with Crippen LogP contribution in [0.25, 0.3) is 22.2 Å². The predicted molar refractivity (Wildman–Crippen MR) is 108 cm³/mol. The van der Waals surface area contributed by atoms with Gasteiger partial charge in [-0.2, -0.15) is 0 Å². The molecule has 1 aliphatic rings. The Hall–Kier alpha value is -2.22. The molecule has 0 aliphatic carbocycles. The maximum atomic E-state index is 5.31. The number of nitrogens with zero attached hydrogens (tertiary/aromatic N) is 4. The van der Waals surface area contributed by atoms with Crippen molar-refractivity contribution in [3.63, 3.8) is 0 Å². The molecule has 0 atom stereocenters. The zero-order chi connectivity index (χ0) is 17.4. The number of aliphatic imine (C=N–C) groups is 1. The van der Waals surface area contributed by atoms with Gasteiger partial charge in [0.1, 0.15) is 11.3 Å². The van der Waals surface area contributed by atoms with E-state index >= 15 is 0 Å². The monoisotopic (exact) mass is 444 g/mol. The van der Waals surface area contributed by atoms with Gasteiger partial charge in [0.05, 0.1) is 27.0 Å². The Morgan fingerprint density at radius 3 is 3.00 bits per heavy atom. The van der Waals surface area contributed by atoms with E-state index < -0.39 is 0 Å². The first-order valence-electron chi connectivity index (χ1n) is 8.09. The number of rotatable bonds is 3. The fourth-order valence-corrected chi connectivity index (χ4v) is 3.85. The summed E-state index contributed by atoms with van der Waals surface area (Å²) in [5.41, 5.74) is 6.09. The van der Waals surface area contributed by atoms with Crippen LogP contribution in [0.5, 0.6) is 0 Å². The molecule has 3 aromatic heterocycles. The van der Waals surface area contributed by atoms with Crippen LogP contribution in [0.15, 0.2) is 51.9 Å². The minimum atomic E-state index is 0.727. The number of aryl methyl sites for hydroxylation is 2. The van der Waals surface area contributed by atoms with E-state index in [9.17, 15) is 0 Å². The van der Waals surface area contributed by atoms with Crippen molar-refractivity contribution in [3.05, 3.63) is 57.4 Å². The van der Waals surface area contributed by atoms with Crippen molar-refractivity contribution in [1.29, 1.82) is 0 Å². The van der Waals surface area contributed by atoms with Gasteiger partial charge in [-0.25, -0.2) is 0 Å². The van der Waals surface area contributed by atoms with Gasteiger partial charge in [0.2, 0.25) is 0 Å². The zero-order valence-electron chi connectivity index (χ0n) is 14.0. The summed E-state index contributed by atoms with van der Waals surface area (Å²) in [6, 6.07) is 2.16. The Morgan fingerprint density at radius 2 is 2.20 bits per heavy atom. The lowest BCUT2D eigenvalue weighted by Crippen LogP contribution is -1.99. The number of pyridine rings is 1. The van der Waals surface area contributed by atoms with Crippen LogP contribution in [0.1, 0.15) is 17.9 Å². The second-order valence-corrected chi connectivity index (χ2v) is 7.20. The molecular formula is C19H17IN4O. The minimum Gasteiger partial charge on any atom is -0.361 e. The fourth-order valence-electron chi connectivity index (χ4n) is 3.10. The molecule has 25 heavy (non-hydrogen) atoms. The van der Waals surface area contributed by atoms with Crippen LogP contribution in [-0.2, 0) is 6.54 Å². The van der Waals surface area contributed by atoms with Crippen molar-refractivity contribution in [1.82, 2.24) is 14.7 Å². The predicted octanol–water partition coefficient (Wildman–Crippen LogP) is 4.83. The van der Waals surface area contributed by atoms with Crippen LogP contribution in [0.3, 0.4) is 0 Å². The molecule has 4 rings (SSSR count). The van der Waals surface area contributed by atoms with Gasteiger partial charge in [-0.05, 0) is 55.0 Å². The summed E-state index contributed by atoms with van der Waals surface area (Å²) in [6.45, 7) is 4.61. The van der Waals surface area contributed by atoms with E-state index in [0.29, 0.717) is 0 Å². The van der Waals surface area contributed by atoms with Gasteiger partial charge < -0.3 is 9.09 Å². The molecule has 0 fully saturated rings. The molecule has 0 amide bonds. The number of hydrogen-bond acceptors (Lipinski definition) is 4. The molecule has 5 nitrogen and oxygen atoms in total. The van der Waals surface area contributed by atoms with Gasteiger partial charge in [0.15, 0.2) is 0 Å². The molecule has 0 N–H and O–H groups in total. The van der Waals surface area contributed by atoms with Crippen LogP contribution < -0.4 is 0 Å². The fraction of sp³-hybridized carbons (Fsp3) is 0.211. The maximum Gasteiger partial charge on any atom is 0.141 e. The Morgan fingerprint density at radius 1 is 1.32 bits per heavy atom. The van der Waals surface area contributed by atoms with Gasteiger partial charge in [-0.3, -0.25) is 9.98 Å². The maximum absolute atomic E-state index is 5.31. The van der Waals surface area contributed by atoms with Gasteiger partial charge in [-0.15, -0.1) is 0 Å². The molecule has 4 heterocycles. The molecule has 6 heteroatoms. The SMILES string of the molecule is Cc1noc(C)c1-c1cnc2c(I)cn(CC3=CCC=CC=N3)c2c1. The van der Waals surface area contributed by atoms with Gasteiger partial charge >= 0.3 is 0 Å². The average Bonchev–Trinajstić information content (AvgIpc) is 2.96. The second-order valence-electron chi connectivity index (χ2n) is 6.03. The van der Waals surface area contributed by atoms with E-state index in [1.54, 1.807) is 0 Å². The average molecular weight is 444 g/mol. The quantitative estimate of drug-likeness (QED) is 0.544. The molecule has 0 radical (unpaired) electrons. The van der Waals surface area contributed by atoms with Gasteiger partial charge in [0.25, 0.3) is 0 Å². The van der Waals surface area contributed by atoms with E-state index in [2.05, 4.69) is 66.7 Å². The van der Waals surface area contributed by atoms with Crippen molar-refractivity contribution < 1.29 is 4.52 Å². The van der Waals surface area contributed by atoms with Crippen LogP contribution in [0.4, 0.5) is 0 Å². The van der Waals surface area contributed by atoms with Crippen molar-refractivity contribution >= 4 is 39.8 Å². The molecule has 126 valence electrons. The Labute approximate surface area is 159 Å². The molecule has 1 aliphatic heterocycles. The van der Waals surface area contributed by atoms with Crippen LogP contribution in [-0.4, -0.2) is 20.9 Å². The largest absolute Gasteiger partial charge is 0.361 e. The van der Waals surface area contributed by atoms with E-state index in [1.165, 1.54) is 0 Å². The second kappa shape index (κ2) is 6.59. The van der Waals surface area contributed by atoms with Crippen molar-refractivity contribution in [3.8, 4) is 11.1 Å². The van der Waals surface area contributed by atoms with Crippen LogP contribution >= 0.6 is 22.6 Å². The van der Waals surface area contributed by atoms with Gasteiger partial charge in [0, 0.05) is 29.7 Å². The normalized spacial score (nSPS) is 14.1. The molecular weight excluding hydrogens is 427 g/mol. The van der Waals surface area contributed by atoms with Crippen molar-refractivity contribution in [2.24, 2.45) is 4.99 Å². The molecule has 0 saturated carbocycles. The highest BCUT2D eigenvalue weighted by atomic mass is 127. The first-order valence-corrected chi connectivity index (χ1v) is 9.17. The van der Waals surface area contributed by atoms with E-state index in [4.69, 9.17) is 4.52 Å². The Kier molecular flexibility index (Phi) is 4.29. The summed E-state index contributed by atoms with van der Waals surface area (Å²) in [5.74, 6) is 0.814. The molecule has 0 unspecified atom stereocenters. The molecule has 0 bridgehead atoms. The minimum absolute atomic E-state index is 0.727. The lowest BCUT2D eigenvalue weighted by molar-refractivity contribution is 0.393. The summed E-state index contributed by atoms with van der Waals surface area (Å²) in [4.78, 5) is 9.20. The first-order chi connectivity index (χ1) is 12.1. The van der Waals surface area contributed by atoms with Crippen molar-refractivity contribution in [2.75, 3.05) is 0 Å². The third-order valence-corrected chi connectivity index (χ3v) is 5.07. The van der Waals surface area contributed by atoms with Crippen LogP contribution in [0, 0.1) is 17.4 Å². The highest BCUT2D eigenvalue weighted by Crippen LogP contribution is 2.31. The summed E-state index contributed by atoms with van der Waals surface area (Å²) >= 11 is 2.33. The third-order valence-electron chi connectivity index (χ3n) is 4.28. The summed E-state index contributed by atoms with van der Waals surface area (Å²) in [6.07, 6.45) is 13.0. The number of aromatic nitrogens is 3. The number of halogens is 1. The van der Waals surface area contributed by atoms with E-state index in [-0.39, 0.29) is 0 Å². The topological polar surface area (TPSA) is 56.2 Å². The smallest absolute Gasteiger partial charge is 0.141 e. The molecule has 3 aromatic rings. The lowest BCUT2D eigenvalue weighted by Gasteiger charge is -2.07. The Bertz CT molecular complexity index is 1020. The molecule has 0 spiro atoms. The van der Waals surface area contributed by atoms with Crippen LogP contribution in [0.2, 0.25) is 0 Å². The van der Waals surface area contributed by atoms with Crippen molar-refractivity contribution in [2.45, 2.75) is 26.8 Å². The number of fused-ring (bicyclic) bond motifs is 1. The third kappa shape index (κ3) is 3.06.